The van der Waals surface area contributed by atoms with Gasteiger partial charge < -0.3 is 10.1 Å². The van der Waals surface area contributed by atoms with Crippen LogP contribution in [-0.4, -0.2) is 33.0 Å². The summed E-state index contributed by atoms with van der Waals surface area (Å²) in [7, 11) is 0. The molecule has 0 aromatic carbocycles. The monoisotopic (exact) mass is 161 g/mol. The molecule has 1 atom stereocenters. The number of piperidine rings is 1. The zero-order valence-electron chi connectivity index (χ0n) is 6.81. The van der Waals surface area contributed by atoms with Crippen molar-refractivity contribution in [1.82, 2.24) is 5.32 Å². The number of ether oxygens (including phenoxy) is 1. The van der Waals surface area contributed by atoms with Gasteiger partial charge in [-0.2, -0.15) is 0 Å². The number of rotatable bonds is 4. The van der Waals surface area contributed by atoms with Gasteiger partial charge in [-0.3, -0.25) is 0 Å². The Kier molecular flexibility index (Phi) is 4.47. The summed E-state index contributed by atoms with van der Waals surface area (Å²) in [5, 5.41) is 3.29. The molecular formula is C8H16FNO. The summed E-state index contributed by atoms with van der Waals surface area (Å²) in [4.78, 5) is 0. The predicted octanol–water partition coefficient (Wildman–Crippen LogP) is 0.972. The number of halogens is 1. The highest BCUT2D eigenvalue weighted by atomic mass is 19.1. The van der Waals surface area contributed by atoms with Crippen LogP contribution >= 0.6 is 0 Å². The van der Waals surface area contributed by atoms with Crippen LogP contribution in [-0.2, 0) is 4.74 Å². The third kappa shape index (κ3) is 3.68. The van der Waals surface area contributed by atoms with Crippen molar-refractivity contribution in [2.75, 3.05) is 33.0 Å². The minimum absolute atomic E-state index is 0.260. The second-order valence-corrected chi connectivity index (χ2v) is 2.98. The van der Waals surface area contributed by atoms with Gasteiger partial charge in [0, 0.05) is 6.54 Å². The second kappa shape index (κ2) is 5.49. The number of hydrogen-bond donors (Lipinski definition) is 1. The van der Waals surface area contributed by atoms with Crippen LogP contribution in [0.1, 0.15) is 12.8 Å². The Balaban J connectivity index is 1.96. The smallest absolute Gasteiger partial charge is 0.113 e. The molecule has 0 saturated carbocycles. The summed E-state index contributed by atoms with van der Waals surface area (Å²) >= 11 is 0. The molecule has 1 heterocycles. The highest BCUT2D eigenvalue weighted by Crippen LogP contribution is 2.09. The van der Waals surface area contributed by atoms with E-state index >= 15 is 0 Å². The number of alkyl halides is 1. The third-order valence-electron chi connectivity index (χ3n) is 1.97. The Morgan fingerprint density at radius 1 is 1.55 bits per heavy atom. The van der Waals surface area contributed by atoms with Crippen molar-refractivity contribution >= 4 is 0 Å². The molecule has 1 aliphatic heterocycles. The first kappa shape index (κ1) is 8.94. The van der Waals surface area contributed by atoms with E-state index in [-0.39, 0.29) is 13.3 Å². The van der Waals surface area contributed by atoms with Crippen molar-refractivity contribution in [1.29, 1.82) is 0 Å². The topological polar surface area (TPSA) is 21.3 Å². The van der Waals surface area contributed by atoms with Gasteiger partial charge in [-0.05, 0) is 25.3 Å². The Morgan fingerprint density at radius 2 is 2.45 bits per heavy atom. The van der Waals surface area contributed by atoms with Gasteiger partial charge in [0.05, 0.1) is 13.2 Å². The molecule has 1 rings (SSSR count). The maximum Gasteiger partial charge on any atom is 0.113 e. The molecule has 2 nitrogen and oxygen atoms in total. The molecule has 0 aromatic rings. The molecule has 0 unspecified atom stereocenters. The minimum atomic E-state index is -0.361. The van der Waals surface area contributed by atoms with Crippen molar-refractivity contribution in [2.24, 2.45) is 5.92 Å². The standard InChI is InChI=1S/C8H16FNO/c9-3-5-11-7-8-2-1-4-10-6-8/h8,10H,1-7H2/t8-/m1/s1. The predicted molar refractivity (Wildman–Crippen MR) is 42.4 cm³/mol. The fourth-order valence-electron chi connectivity index (χ4n) is 1.37. The summed E-state index contributed by atoms with van der Waals surface area (Å²) in [6, 6.07) is 0. The van der Waals surface area contributed by atoms with E-state index in [1.807, 2.05) is 0 Å². The summed E-state index contributed by atoms with van der Waals surface area (Å²) in [5.74, 6) is 0.607. The number of nitrogens with one attached hydrogen (secondary N) is 1. The number of hydrogen-bond acceptors (Lipinski definition) is 2. The Hall–Kier alpha value is -0.150. The average molecular weight is 161 g/mol. The van der Waals surface area contributed by atoms with Crippen molar-refractivity contribution in [3.8, 4) is 0 Å². The van der Waals surface area contributed by atoms with Crippen molar-refractivity contribution in [2.45, 2.75) is 12.8 Å². The fourth-order valence-corrected chi connectivity index (χ4v) is 1.37. The lowest BCUT2D eigenvalue weighted by Crippen LogP contribution is -2.32. The second-order valence-electron chi connectivity index (χ2n) is 2.98. The summed E-state index contributed by atoms with van der Waals surface area (Å²) < 4.78 is 16.7. The van der Waals surface area contributed by atoms with Crippen LogP contribution in [0.25, 0.3) is 0 Å². The van der Waals surface area contributed by atoms with E-state index in [2.05, 4.69) is 5.32 Å². The van der Waals surface area contributed by atoms with Crippen LogP contribution < -0.4 is 5.32 Å². The summed E-state index contributed by atoms with van der Waals surface area (Å²) in [6.07, 6.45) is 2.45. The first-order valence-corrected chi connectivity index (χ1v) is 4.28. The average Bonchev–Trinajstić information content (AvgIpc) is 2.07. The van der Waals surface area contributed by atoms with Crippen LogP contribution in [0.4, 0.5) is 4.39 Å². The van der Waals surface area contributed by atoms with Gasteiger partial charge >= 0.3 is 0 Å². The summed E-state index contributed by atoms with van der Waals surface area (Å²) in [6.45, 7) is 2.78. The molecule has 0 aromatic heterocycles. The largest absolute Gasteiger partial charge is 0.378 e. The molecular weight excluding hydrogens is 145 g/mol. The van der Waals surface area contributed by atoms with Crippen LogP contribution in [0, 0.1) is 5.92 Å². The molecule has 1 saturated heterocycles. The SMILES string of the molecule is FCCOC[C@@H]1CCCNC1. The zero-order chi connectivity index (χ0) is 7.94. The Morgan fingerprint density at radius 3 is 3.09 bits per heavy atom. The van der Waals surface area contributed by atoms with Gasteiger partial charge in [0.25, 0.3) is 0 Å². The van der Waals surface area contributed by atoms with Gasteiger partial charge in [-0.15, -0.1) is 0 Å². The molecule has 1 N–H and O–H groups in total. The van der Waals surface area contributed by atoms with Crippen LogP contribution in [0.15, 0.2) is 0 Å². The maximum atomic E-state index is 11.6. The fraction of sp³-hybridized carbons (Fsp3) is 1.00. The highest BCUT2D eigenvalue weighted by Gasteiger charge is 2.12. The van der Waals surface area contributed by atoms with Crippen molar-refractivity contribution in [3.63, 3.8) is 0 Å². The normalized spacial score (nSPS) is 25.4. The van der Waals surface area contributed by atoms with Crippen LogP contribution in [0.5, 0.6) is 0 Å². The van der Waals surface area contributed by atoms with Crippen LogP contribution in [0.2, 0.25) is 0 Å². The summed E-state index contributed by atoms with van der Waals surface area (Å²) in [5.41, 5.74) is 0. The van der Waals surface area contributed by atoms with Gasteiger partial charge in [-0.25, -0.2) is 4.39 Å². The van der Waals surface area contributed by atoms with E-state index in [1.54, 1.807) is 0 Å². The van der Waals surface area contributed by atoms with Crippen molar-refractivity contribution in [3.05, 3.63) is 0 Å². The molecule has 1 aliphatic rings. The quantitative estimate of drug-likeness (QED) is 0.620. The van der Waals surface area contributed by atoms with Gasteiger partial charge in [-0.1, -0.05) is 0 Å². The van der Waals surface area contributed by atoms with Crippen LogP contribution in [0.3, 0.4) is 0 Å². The molecule has 0 radical (unpaired) electrons. The Bertz CT molecular complexity index is 94.1. The Labute approximate surface area is 67.1 Å². The molecule has 3 heteroatoms. The molecule has 0 spiro atoms. The lowest BCUT2D eigenvalue weighted by atomic mass is 10.0. The first-order chi connectivity index (χ1) is 5.43. The van der Waals surface area contributed by atoms with Gasteiger partial charge in [0.1, 0.15) is 6.67 Å². The lowest BCUT2D eigenvalue weighted by Gasteiger charge is -2.22. The van der Waals surface area contributed by atoms with E-state index in [1.165, 1.54) is 12.8 Å². The van der Waals surface area contributed by atoms with E-state index < -0.39 is 0 Å². The first-order valence-electron chi connectivity index (χ1n) is 4.28. The van der Waals surface area contributed by atoms with Crippen molar-refractivity contribution < 1.29 is 9.13 Å². The van der Waals surface area contributed by atoms with Gasteiger partial charge in [0.15, 0.2) is 0 Å². The molecule has 11 heavy (non-hydrogen) atoms. The van der Waals surface area contributed by atoms with E-state index in [9.17, 15) is 4.39 Å². The maximum absolute atomic E-state index is 11.6. The lowest BCUT2D eigenvalue weighted by molar-refractivity contribution is 0.0798. The highest BCUT2D eigenvalue weighted by molar-refractivity contribution is 4.67. The van der Waals surface area contributed by atoms with Gasteiger partial charge in [0.2, 0.25) is 0 Å². The molecule has 66 valence electrons. The molecule has 0 aliphatic carbocycles. The van der Waals surface area contributed by atoms with E-state index in [4.69, 9.17) is 4.74 Å². The van der Waals surface area contributed by atoms with E-state index in [0.29, 0.717) is 5.92 Å². The molecule has 0 bridgehead atoms. The molecule has 1 fully saturated rings. The third-order valence-corrected chi connectivity index (χ3v) is 1.97. The zero-order valence-corrected chi connectivity index (χ0v) is 6.81. The minimum Gasteiger partial charge on any atom is -0.378 e. The molecule has 0 amide bonds. The van der Waals surface area contributed by atoms with E-state index in [0.717, 1.165) is 19.7 Å².